The molecule has 0 radical (unpaired) electrons. The van der Waals surface area contributed by atoms with Crippen LogP contribution in [0.25, 0.3) is 0 Å². The van der Waals surface area contributed by atoms with Crippen molar-refractivity contribution >= 4 is 11.6 Å². The maximum Gasteiger partial charge on any atom is 0.136 e. The van der Waals surface area contributed by atoms with Crippen LogP contribution in [0, 0.1) is 16.7 Å². The molecular weight excluding hydrogens is 122 g/mol. The number of halogens is 1. The first-order chi connectivity index (χ1) is 3.52. The Morgan fingerprint density at radius 3 is 2.00 bits per heavy atom. The van der Waals surface area contributed by atoms with Crippen molar-refractivity contribution in [3.8, 4) is 6.07 Å². The van der Waals surface area contributed by atoms with E-state index < -0.39 is 4.87 Å². The standard InChI is InChI=1S/C6H8ClN/c1-5(2)3-6(5,7)4-8/h3H2,1-2H3/t6-/m1/s1. The van der Waals surface area contributed by atoms with Crippen LogP contribution in [0.5, 0.6) is 0 Å². The topological polar surface area (TPSA) is 23.8 Å². The number of nitriles is 1. The molecule has 0 spiro atoms. The van der Waals surface area contributed by atoms with Crippen molar-refractivity contribution in [3.05, 3.63) is 0 Å². The van der Waals surface area contributed by atoms with Crippen LogP contribution in [0.15, 0.2) is 0 Å². The van der Waals surface area contributed by atoms with Crippen LogP contribution >= 0.6 is 11.6 Å². The van der Waals surface area contributed by atoms with Crippen molar-refractivity contribution < 1.29 is 0 Å². The number of hydrogen-bond acceptors (Lipinski definition) is 1. The van der Waals surface area contributed by atoms with Crippen molar-refractivity contribution in [2.24, 2.45) is 5.41 Å². The number of alkyl halides is 1. The second kappa shape index (κ2) is 1.19. The molecule has 0 aliphatic heterocycles. The van der Waals surface area contributed by atoms with Gasteiger partial charge < -0.3 is 0 Å². The van der Waals surface area contributed by atoms with Gasteiger partial charge in [-0.3, -0.25) is 0 Å². The fourth-order valence-corrected chi connectivity index (χ4v) is 1.09. The minimum atomic E-state index is -0.535. The van der Waals surface area contributed by atoms with Crippen molar-refractivity contribution in [1.82, 2.24) is 0 Å². The van der Waals surface area contributed by atoms with Crippen LogP contribution in [0.1, 0.15) is 20.3 Å². The number of nitrogens with zero attached hydrogens (tertiary/aromatic N) is 1. The Kier molecular flexibility index (Phi) is 0.881. The Labute approximate surface area is 54.3 Å². The lowest BCUT2D eigenvalue weighted by Crippen LogP contribution is -2.02. The zero-order valence-corrected chi connectivity index (χ0v) is 5.79. The zero-order valence-electron chi connectivity index (χ0n) is 5.03. The highest BCUT2D eigenvalue weighted by molar-refractivity contribution is 6.28. The molecule has 1 atom stereocenters. The normalized spacial score (nSPS) is 40.8. The summed E-state index contributed by atoms with van der Waals surface area (Å²) in [4.78, 5) is -0.535. The molecule has 1 aliphatic rings. The molecule has 0 N–H and O–H groups in total. The third-order valence-corrected chi connectivity index (χ3v) is 2.54. The quantitative estimate of drug-likeness (QED) is 0.459. The van der Waals surface area contributed by atoms with E-state index in [9.17, 15) is 0 Å². The fourth-order valence-electron chi connectivity index (χ4n) is 0.756. The summed E-state index contributed by atoms with van der Waals surface area (Å²) in [6.07, 6.45) is 0.831. The Morgan fingerprint density at radius 2 is 2.00 bits per heavy atom. The number of hydrogen-bond donors (Lipinski definition) is 0. The maximum atomic E-state index is 8.42. The lowest BCUT2D eigenvalue weighted by atomic mass is 10.1. The van der Waals surface area contributed by atoms with Gasteiger partial charge in [-0.1, -0.05) is 13.8 Å². The highest BCUT2D eigenvalue weighted by Crippen LogP contribution is 2.59. The Morgan fingerprint density at radius 1 is 1.62 bits per heavy atom. The lowest BCUT2D eigenvalue weighted by Gasteiger charge is -1.98. The molecule has 1 aliphatic carbocycles. The highest BCUT2D eigenvalue weighted by atomic mass is 35.5. The van der Waals surface area contributed by atoms with Crippen molar-refractivity contribution in [1.29, 1.82) is 5.26 Å². The summed E-state index contributed by atoms with van der Waals surface area (Å²) in [6, 6.07) is 2.07. The second-order valence-corrected chi connectivity index (χ2v) is 3.62. The SMILES string of the molecule is CC1(C)C[C@@]1(Cl)C#N. The first-order valence-corrected chi connectivity index (χ1v) is 3.00. The minimum absolute atomic E-state index is 0.0588. The summed E-state index contributed by atoms with van der Waals surface area (Å²) >= 11 is 5.76. The predicted octanol–water partition coefficient (Wildman–Crippen LogP) is 1.92. The van der Waals surface area contributed by atoms with Gasteiger partial charge in [0.25, 0.3) is 0 Å². The summed E-state index contributed by atoms with van der Waals surface area (Å²) in [5.74, 6) is 0. The second-order valence-electron chi connectivity index (χ2n) is 2.97. The average Bonchev–Trinajstić information content (AvgIpc) is 2.10. The first-order valence-electron chi connectivity index (χ1n) is 2.62. The molecule has 0 bridgehead atoms. The molecule has 0 heterocycles. The molecule has 8 heavy (non-hydrogen) atoms. The Bertz CT molecular complexity index is 156. The fraction of sp³-hybridized carbons (Fsp3) is 0.833. The molecule has 1 saturated carbocycles. The highest BCUT2D eigenvalue weighted by Gasteiger charge is 2.61. The van der Waals surface area contributed by atoms with Gasteiger partial charge in [-0.15, -0.1) is 11.6 Å². The molecule has 1 rings (SSSR count). The molecule has 2 heteroatoms. The molecule has 0 unspecified atom stereocenters. The van der Waals surface area contributed by atoms with Crippen LogP contribution in [-0.4, -0.2) is 4.87 Å². The van der Waals surface area contributed by atoms with Gasteiger partial charge in [0.15, 0.2) is 0 Å². The maximum absolute atomic E-state index is 8.42. The summed E-state index contributed by atoms with van der Waals surface area (Å²) in [7, 11) is 0. The van der Waals surface area contributed by atoms with Gasteiger partial charge in [0.1, 0.15) is 4.87 Å². The molecular formula is C6H8ClN. The smallest absolute Gasteiger partial charge is 0.136 e. The van der Waals surface area contributed by atoms with Crippen molar-refractivity contribution in [2.75, 3.05) is 0 Å². The van der Waals surface area contributed by atoms with E-state index in [1.807, 2.05) is 13.8 Å². The first kappa shape index (κ1) is 5.91. The summed E-state index contributed by atoms with van der Waals surface area (Å²) < 4.78 is 0. The van der Waals surface area contributed by atoms with Crippen molar-refractivity contribution in [2.45, 2.75) is 25.1 Å². The summed E-state index contributed by atoms with van der Waals surface area (Å²) in [5, 5.41) is 8.42. The molecule has 1 fully saturated rings. The molecule has 44 valence electrons. The largest absolute Gasteiger partial charge is 0.196 e. The molecule has 0 amide bonds. The Hall–Kier alpha value is -0.220. The molecule has 1 nitrogen and oxygen atoms in total. The third-order valence-electron chi connectivity index (χ3n) is 1.81. The average molecular weight is 130 g/mol. The summed E-state index contributed by atoms with van der Waals surface area (Å²) in [6.45, 7) is 4.01. The van der Waals surface area contributed by atoms with E-state index in [0.717, 1.165) is 6.42 Å². The van der Waals surface area contributed by atoms with Crippen LogP contribution in [0.2, 0.25) is 0 Å². The monoisotopic (exact) mass is 129 g/mol. The van der Waals surface area contributed by atoms with Crippen LogP contribution in [-0.2, 0) is 0 Å². The van der Waals surface area contributed by atoms with E-state index >= 15 is 0 Å². The van der Waals surface area contributed by atoms with E-state index in [2.05, 4.69) is 6.07 Å². The van der Waals surface area contributed by atoms with E-state index in [0.29, 0.717) is 0 Å². The molecule has 0 aromatic heterocycles. The predicted molar refractivity (Wildman–Crippen MR) is 32.6 cm³/mol. The van der Waals surface area contributed by atoms with Gasteiger partial charge in [0.2, 0.25) is 0 Å². The number of rotatable bonds is 0. The van der Waals surface area contributed by atoms with Gasteiger partial charge >= 0.3 is 0 Å². The third kappa shape index (κ3) is 0.530. The van der Waals surface area contributed by atoms with E-state index in [1.54, 1.807) is 0 Å². The van der Waals surface area contributed by atoms with Crippen LogP contribution in [0.3, 0.4) is 0 Å². The van der Waals surface area contributed by atoms with Gasteiger partial charge in [-0.2, -0.15) is 5.26 Å². The zero-order chi connectivity index (χ0) is 6.41. The Balaban J connectivity index is 2.72. The molecule has 0 aromatic rings. The lowest BCUT2D eigenvalue weighted by molar-refractivity contribution is 0.627. The minimum Gasteiger partial charge on any atom is -0.196 e. The molecule has 0 aromatic carbocycles. The van der Waals surface area contributed by atoms with Gasteiger partial charge in [-0.25, -0.2) is 0 Å². The van der Waals surface area contributed by atoms with E-state index in [1.165, 1.54) is 0 Å². The van der Waals surface area contributed by atoms with E-state index in [-0.39, 0.29) is 5.41 Å². The van der Waals surface area contributed by atoms with E-state index in [4.69, 9.17) is 16.9 Å². The van der Waals surface area contributed by atoms with Gasteiger partial charge in [-0.05, 0) is 11.8 Å². The van der Waals surface area contributed by atoms with Gasteiger partial charge in [0.05, 0.1) is 6.07 Å². The molecule has 0 saturated heterocycles. The van der Waals surface area contributed by atoms with Crippen LogP contribution in [0.4, 0.5) is 0 Å². The van der Waals surface area contributed by atoms with Gasteiger partial charge in [0, 0.05) is 0 Å². The summed E-state index contributed by atoms with van der Waals surface area (Å²) in [5.41, 5.74) is 0.0588. The van der Waals surface area contributed by atoms with Crippen LogP contribution < -0.4 is 0 Å². The van der Waals surface area contributed by atoms with Crippen molar-refractivity contribution in [3.63, 3.8) is 0 Å².